The number of amides is 2. The molecule has 0 aliphatic carbocycles. The van der Waals surface area contributed by atoms with Gasteiger partial charge in [0.05, 0.1) is 10.6 Å². The molecule has 0 bridgehead atoms. The van der Waals surface area contributed by atoms with Gasteiger partial charge in [0.15, 0.2) is 0 Å². The van der Waals surface area contributed by atoms with Crippen LogP contribution in [0.15, 0.2) is 77.7 Å². The second-order valence-corrected chi connectivity index (χ2v) is 10.8. The number of benzene rings is 3. The maximum Gasteiger partial charge on any atom is 0.264 e. The predicted octanol–water partition coefficient (Wildman–Crippen LogP) is 4.54. The first kappa shape index (κ1) is 28.1. The summed E-state index contributed by atoms with van der Waals surface area (Å²) in [5.41, 5.74) is 1.58. The maximum atomic E-state index is 13.7. The number of sulfonamides is 1. The van der Waals surface area contributed by atoms with Crippen LogP contribution < -0.4 is 9.62 Å². The quantitative estimate of drug-likeness (QED) is 0.405. The van der Waals surface area contributed by atoms with Crippen LogP contribution in [0.3, 0.4) is 0 Å². The molecule has 0 aliphatic heterocycles. The van der Waals surface area contributed by atoms with Crippen molar-refractivity contribution in [2.24, 2.45) is 0 Å². The first-order chi connectivity index (χ1) is 17.5. The molecule has 3 aromatic rings. The Hall–Kier alpha value is -3.43. The van der Waals surface area contributed by atoms with Crippen molar-refractivity contribution in [3.05, 3.63) is 94.8 Å². The third-order valence-electron chi connectivity index (χ3n) is 5.82. The van der Waals surface area contributed by atoms with Gasteiger partial charge in [-0.15, -0.1) is 0 Å². The van der Waals surface area contributed by atoms with Gasteiger partial charge in [0.1, 0.15) is 18.4 Å². The average molecular weight is 546 g/mol. The normalized spacial score (nSPS) is 12.0. The first-order valence-electron chi connectivity index (χ1n) is 11.7. The van der Waals surface area contributed by atoms with Gasteiger partial charge in [-0.3, -0.25) is 13.9 Å². The molecule has 0 unspecified atom stereocenters. The zero-order valence-corrected chi connectivity index (χ0v) is 22.4. The molecular weight excluding hydrogens is 517 g/mol. The Balaban J connectivity index is 2.03. The van der Waals surface area contributed by atoms with E-state index < -0.39 is 40.2 Å². The molecule has 0 saturated carbocycles. The fourth-order valence-corrected chi connectivity index (χ4v) is 5.30. The Morgan fingerprint density at radius 1 is 1.00 bits per heavy atom. The van der Waals surface area contributed by atoms with Crippen LogP contribution in [0.25, 0.3) is 0 Å². The Kier molecular flexibility index (Phi) is 9.29. The number of carbonyl (C=O) groups is 2. The molecule has 0 aromatic heterocycles. The van der Waals surface area contributed by atoms with E-state index in [9.17, 15) is 22.4 Å². The highest BCUT2D eigenvalue weighted by Crippen LogP contribution is 2.26. The zero-order chi connectivity index (χ0) is 27.2. The molecule has 196 valence electrons. The highest BCUT2D eigenvalue weighted by molar-refractivity contribution is 7.92. The average Bonchev–Trinajstić information content (AvgIpc) is 2.87. The van der Waals surface area contributed by atoms with Crippen molar-refractivity contribution in [2.45, 2.75) is 38.3 Å². The molecule has 2 amide bonds. The molecule has 0 spiro atoms. The topological polar surface area (TPSA) is 86.8 Å². The minimum absolute atomic E-state index is 0.0152. The first-order valence-corrected chi connectivity index (χ1v) is 13.5. The molecule has 10 heteroatoms. The number of anilines is 1. The van der Waals surface area contributed by atoms with Crippen molar-refractivity contribution >= 4 is 39.1 Å². The zero-order valence-electron chi connectivity index (χ0n) is 20.8. The summed E-state index contributed by atoms with van der Waals surface area (Å²) in [5, 5.41) is 3.10. The summed E-state index contributed by atoms with van der Waals surface area (Å²) < 4.78 is 41.9. The molecule has 0 aliphatic rings. The van der Waals surface area contributed by atoms with Crippen molar-refractivity contribution in [1.29, 1.82) is 0 Å². The van der Waals surface area contributed by atoms with E-state index in [4.69, 9.17) is 11.6 Å². The summed E-state index contributed by atoms with van der Waals surface area (Å²) in [6.07, 6.45) is 0. The maximum absolute atomic E-state index is 13.7. The highest BCUT2D eigenvalue weighted by atomic mass is 35.5. The lowest BCUT2D eigenvalue weighted by molar-refractivity contribution is -0.139. The van der Waals surface area contributed by atoms with Crippen molar-refractivity contribution < 1.29 is 22.4 Å². The van der Waals surface area contributed by atoms with Gasteiger partial charge in [-0.2, -0.15) is 0 Å². The summed E-state index contributed by atoms with van der Waals surface area (Å²) in [4.78, 5) is 27.7. The third kappa shape index (κ3) is 6.87. The molecule has 1 N–H and O–H groups in total. The fraction of sp³-hybridized carbons (Fsp3) is 0.259. The van der Waals surface area contributed by atoms with Crippen molar-refractivity contribution in [3.8, 4) is 0 Å². The van der Waals surface area contributed by atoms with E-state index in [1.165, 1.54) is 29.2 Å². The minimum atomic E-state index is -4.21. The molecule has 3 rings (SSSR count). The van der Waals surface area contributed by atoms with Crippen LogP contribution in [0.1, 0.15) is 25.0 Å². The number of rotatable bonds is 10. The van der Waals surface area contributed by atoms with Crippen LogP contribution in [-0.4, -0.2) is 44.3 Å². The number of hydrogen-bond donors (Lipinski definition) is 1. The van der Waals surface area contributed by atoms with Gasteiger partial charge < -0.3 is 10.2 Å². The summed E-state index contributed by atoms with van der Waals surface area (Å²) in [6, 6.07) is 17.0. The SMILES string of the molecule is CCNC(=O)[C@H](C)N(Cc1ccccc1Cl)C(=O)CN(c1ccc(F)cc1)S(=O)(=O)c1ccc(C)cc1. The number of halogens is 2. The van der Waals surface area contributed by atoms with E-state index in [1.807, 2.05) is 6.92 Å². The van der Waals surface area contributed by atoms with Gasteiger partial charge in [-0.1, -0.05) is 47.5 Å². The lowest BCUT2D eigenvalue weighted by Crippen LogP contribution is -2.51. The van der Waals surface area contributed by atoms with Crippen LogP contribution in [-0.2, 0) is 26.2 Å². The molecule has 37 heavy (non-hydrogen) atoms. The largest absolute Gasteiger partial charge is 0.355 e. The van der Waals surface area contributed by atoms with E-state index in [-0.39, 0.29) is 17.1 Å². The van der Waals surface area contributed by atoms with Crippen molar-refractivity contribution in [1.82, 2.24) is 10.2 Å². The predicted molar refractivity (Wildman–Crippen MR) is 142 cm³/mol. The van der Waals surface area contributed by atoms with Crippen LogP contribution in [0.5, 0.6) is 0 Å². The van der Waals surface area contributed by atoms with Gasteiger partial charge in [-0.25, -0.2) is 12.8 Å². The van der Waals surface area contributed by atoms with E-state index in [0.29, 0.717) is 17.1 Å². The number of aryl methyl sites for hydroxylation is 1. The molecule has 3 aromatic carbocycles. The number of nitrogens with one attached hydrogen (secondary N) is 1. The monoisotopic (exact) mass is 545 g/mol. The molecule has 0 radical (unpaired) electrons. The molecule has 0 heterocycles. The Labute approximate surface area is 221 Å². The lowest BCUT2D eigenvalue weighted by atomic mass is 10.1. The summed E-state index contributed by atoms with van der Waals surface area (Å²) in [5.74, 6) is -1.57. The fourth-order valence-electron chi connectivity index (χ4n) is 3.69. The van der Waals surface area contributed by atoms with Gasteiger partial charge in [-0.05, 0) is 68.8 Å². The van der Waals surface area contributed by atoms with Crippen LogP contribution in [0.4, 0.5) is 10.1 Å². The second-order valence-electron chi connectivity index (χ2n) is 8.48. The number of hydrogen-bond acceptors (Lipinski definition) is 4. The second kappa shape index (κ2) is 12.2. The van der Waals surface area contributed by atoms with E-state index in [0.717, 1.165) is 22.0 Å². The van der Waals surface area contributed by atoms with Gasteiger partial charge in [0.25, 0.3) is 10.0 Å². The molecule has 0 fully saturated rings. The smallest absolute Gasteiger partial charge is 0.264 e. The van der Waals surface area contributed by atoms with Crippen molar-refractivity contribution in [2.75, 3.05) is 17.4 Å². The Morgan fingerprint density at radius 3 is 2.22 bits per heavy atom. The van der Waals surface area contributed by atoms with Gasteiger partial charge >= 0.3 is 0 Å². The molecular formula is C27H29ClFN3O4S. The number of carbonyl (C=O) groups excluding carboxylic acids is 2. The third-order valence-corrected chi connectivity index (χ3v) is 7.98. The van der Waals surface area contributed by atoms with Crippen LogP contribution in [0, 0.1) is 12.7 Å². The Bertz CT molecular complexity index is 1350. The summed E-state index contributed by atoms with van der Waals surface area (Å²) in [7, 11) is -4.21. The standard InChI is InChI=1S/C27H29ClFN3O4S/c1-4-30-27(34)20(3)31(17-21-7-5-6-8-25(21)28)26(33)18-32(23-13-11-22(29)12-14-23)37(35,36)24-15-9-19(2)10-16-24/h5-16,20H,4,17-18H2,1-3H3,(H,30,34)/t20-/m0/s1. The van der Waals surface area contributed by atoms with Crippen LogP contribution >= 0.6 is 11.6 Å². The van der Waals surface area contributed by atoms with Gasteiger partial charge in [0.2, 0.25) is 11.8 Å². The molecule has 0 saturated heterocycles. The van der Waals surface area contributed by atoms with Crippen LogP contribution in [0.2, 0.25) is 5.02 Å². The lowest BCUT2D eigenvalue weighted by Gasteiger charge is -2.32. The minimum Gasteiger partial charge on any atom is -0.355 e. The number of likely N-dealkylation sites (N-methyl/N-ethyl adjacent to an activating group) is 1. The molecule has 1 atom stereocenters. The van der Waals surface area contributed by atoms with E-state index >= 15 is 0 Å². The van der Waals surface area contributed by atoms with E-state index in [1.54, 1.807) is 50.2 Å². The van der Waals surface area contributed by atoms with Gasteiger partial charge in [0, 0.05) is 18.1 Å². The van der Waals surface area contributed by atoms with Crippen molar-refractivity contribution in [3.63, 3.8) is 0 Å². The summed E-state index contributed by atoms with van der Waals surface area (Å²) in [6.45, 7) is 4.88. The van der Waals surface area contributed by atoms with E-state index in [2.05, 4.69) is 5.32 Å². The molecule has 7 nitrogen and oxygen atoms in total. The highest BCUT2D eigenvalue weighted by Gasteiger charge is 2.32. The Morgan fingerprint density at radius 2 is 1.62 bits per heavy atom. The summed E-state index contributed by atoms with van der Waals surface area (Å²) >= 11 is 6.32. The number of nitrogens with zero attached hydrogens (tertiary/aromatic N) is 2.